The summed E-state index contributed by atoms with van der Waals surface area (Å²) in [5.74, 6) is 0.0998. The van der Waals surface area contributed by atoms with E-state index in [0.29, 0.717) is 23.4 Å². The van der Waals surface area contributed by atoms with Gasteiger partial charge < -0.3 is 0 Å². The van der Waals surface area contributed by atoms with Gasteiger partial charge in [-0.3, -0.25) is 9.36 Å². The lowest BCUT2D eigenvalue weighted by molar-refractivity contribution is 0.0983. The zero-order chi connectivity index (χ0) is 19.7. The van der Waals surface area contributed by atoms with Crippen molar-refractivity contribution in [3.05, 3.63) is 94.3 Å². The number of nitrogens with zero attached hydrogens (tertiary/aromatic N) is 2. The minimum Gasteiger partial charge on any atom is -0.299 e. The second kappa shape index (κ2) is 7.61. The van der Waals surface area contributed by atoms with E-state index in [2.05, 4.69) is 41.6 Å². The molecule has 0 aliphatic heterocycles. The summed E-state index contributed by atoms with van der Waals surface area (Å²) in [6.45, 7) is 4.18. The van der Waals surface area contributed by atoms with Crippen molar-refractivity contribution in [1.82, 2.24) is 9.55 Å². The Bertz CT molecular complexity index is 1160. The molecule has 1 heterocycles. The normalized spacial score (nSPS) is 11.1. The Balaban J connectivity index is 1.58. The van der Waals surface area contributed by atoms with E-state index >= 15 is 0 Å². The Kier molecular flexibility index (Phi) is 5.01. The summed E-state index contributed by atoms with van der Waals surface area (Å²) in [6, 6.07) is 19.8. The first-order valence-corrected chi connectivity index (χ1v) is 9.71. The maximum absolute atomic E-state index is 12.7. The molecule has 0 saturated carbocycles. The van der Waals surface area contributed by atoms with Crippen LogP contribution in [0.2, 0.25) is 5.02 Å². The van der Waals surface area contributed by atoms with E-state index in [1.807, 2.05) is 48.8 Å². The number of fused-ring (bicyclic) bond motifs is 1. The molecule has 140 valence electrons. The van der Waals surface area contributed by atoms with Crippen molar-refractivity contribution in [1.29, 1.82) is 0 Å². The largest absolute Gasteiger partial charge is 0.299 e. The molecule has 3 nitrogen and oxygen atoms in total. The molecule has 0 fully saturated rings. The first-order valence-electron chi connectivity index (χ1n) is 9.33. The van der Waals surface area contributed by atoms with Gasteiger partial charge in [-0.1, -0.05) is 35.9 Å². The fraction of sp³-hybridized carbons (Fsp3) is 0.167. The van der Waals surface area contributed by atoms with Gasteiger partial charge in [-0.05, 0) is 73.4 Å². The zero-order valence-corrected chi connectivity index (χ0v) is 16.7. The third-order valence-corrected chi connectivity index (χ3v) is 5.30. The Morgan fingerprint density at radius 2 is 1.75 bits per heavy atom. The van der Waals surface area contributed by atoms with E-state index in [0.717, 1.165) is 22.3 Å². The fourth-order valence-electron chi connectivity index (χ4n) is 3.58. The molecule has 0 aliphatic carbocycles. The van der Waals surface area contributed by atoms with Crippen LogP contribution < -0.4 is 0 Å². The van der Waals surface area contributed by atoms with Crippen molar-refractivity contribution in [2.45, 2.75) is 26.7 Å². The lowest BCUT2D eigenvalue weighted by Crippen LogP contribution is -2.02. The van der Waals surface area contributed by atoms with E-state index in [1.54, 1.807) is 0 Å². The standard InChI is InChI=1S/C24H21ClN2O/c1-16-11-17(2)13-20(12-16)27-15-26-22-14-19(7-9-23(22)27)24(28)10-8-18-5-3-4-6-21(18)25/h3-7,9,11-15H,8,10H2,1-2H3. The minimum absolute atomic E-state index is 0.0998. The molecule has 0 saturated heterocycles. The van der Waals surface area contributed by atoms with Crippen LogP contribution in [0.5, 0.6) is 0 Å². The van der Waals surface area contributed by atoms with Gasteiger partial charge in [-0.2, -0.15) is 0 Å². The van der Waals surface area contributed by atoms with Crippen LogP contribution in [0.15, 0.2) is 67.0 Å². The smallest absolute Gasteiger partial charge is 0.163 e. The van der Waals surface area contributed by atoms with E-state index in [-0.39, 0.29) is 5.78 Å². The monoisotopic (exact) mass is 388 g/mol. The number of halogens is 1. The molecule has 28 heavy (non-hydrogen) atoms. The second-order valence-electron chi connectivity index (χ2n) is 7.18. The number of aryl methyl sites for hydroxylation is 3. The lowest BCUT2D eigenvalue weighted by Gasteiger charge is -2.08. The van der Waals surface area contributed by atoms with Gasteiger partial charge in [-0.25, -0.2) is 4.98 Å². The number of carbonyl (C=O) groups excluding carboxylic acids is 1. The second-order valence-corrected chi connectivity index (χ2v) is 7.59. The Morgan fingerprint density at radius 1 is 1.00 bits per heavy atom. The van der Waals surface area contributed by atoms with Crippen molar-refractivity contribution >= 4 is 28.4 Å². The number of imidazole rings is 1. The van der Waals surface area contributed by atoms with Crippen molar-refractivity contribution in [2.24, 2.45) is 0 Å². The molecular formula is C24H21ClN2O. The molecule has 4 aromatic rings. The summed E-state index contributed by atoms with van der Waals surface area (Å²) < 4.78 is 2.06. The van der Waals surface area contributed by atoms with Gasteiger partial charge >= 0.3 is 0 Å². The Hall–Kier alpha value is -2.91. The molecule has 0 N–H and O–H groups in total. The molecule has 0 spiro atoms. The fourth-order valence-corrected chi connectivity index (χ4v) is 3.81. The van der Waals surface area contributed by atoms with Gasteiger partial charge in [-0.15, -0.1) is 0 Å². The highest BCUT2D eigenvalue weighted by atomic mass is 35.5. The molecule has 3 aromatic carbocycles. The molecule has 0 aliphatic rings. The van der Waals surface area contributed by atoms with Crippen LogP contribution in [-0.2, 0) is 6.42 Å². The Labute approximate surface area is 169 Å². The summed E-state index contributed by atoms with van der Waals surface area (Å²) in [4.78, 5) is 17.2. The first-order chi connectivity index (χ1) is 13.5. The maximum atomic E-state index is 12.7. The number of hydrogen-bond acceptors (Lipinski definition) is 2. The SMILES string of the molecule is Cc1cc(C)cc(-n2cnc3cc(C(=O)CCc4ccccc4Cl)ccc32)c1. The van der Waals surface area contributed by atoms with Crippen molar-refractivity contribution < 1.29 is 4.79 Å². The molecule has 0 radical (unpaired) electrons. The Morgan fingerprint density at radius 3 is 2.50 bits per heavy atom. The van der Waals surface area contributed by atoms with E-state index in [9.17, 15) is 4.79 Å². The number of benzene rings is 3. The minimum atomic E-state index is 0.0998. The third-order valence-electron chi connectivity index (χ3n) is 4.93. The third kappa shape index (κ3) is 3.71. The van der Waals surface area contributed by atoms with Crippen molar-refractivity contribution in [2.75, 3.05) is 0 Å². The van der Waals surface area contributed by atoms with Crippen molar-refractivity contribution in [3.63, 3.8) is 0 Å². The molecule has 1 aromatic heterocycles. The van der Waals surface area contributed by atoms with Crippen molar-refractivity contribution in [3.8, 4) is 5.69 Å². The molecule has 0 unspecified atom stereocenters. The van der Waals surface area contributed by atoms with Crippen LogP contribution in [0.4, 0.5) is 0 Å². The van der Waals surface area contributed by atoms with Gasteiger partial charge in [0.2, 0.25) is 0 Å². The quantitative estimate of drug-likeness (QED) is 0.386. The highest BCUT2D eigenvalue weighted by Crippen LogP contribution is 2.23. The molecule has 4 rings (SSSR count). The highest BCUT2D eigenvalue weighted by Gasteiger charge is 2.12. The van der Waals surface area contributed by atoms with Gasteiger partial charge in [0.1, 0.15) is 6.33 Å². The number of ketones is 1. The van der Waals surface area contributed by atoms with Gasteiger partial charge in [0.15, 0.2) is 5.78 Å². The van der Waals surface area contributed by atoms with Crippen LogP contribution in [0.3, 0.4) is 0 Å². The average Bonchev–Trinajstić information content (AvgIpc) is 3.09. The number of hydrogen-bond donors (Lipinski definition) is 0. The summed E-state index contributed by atoms with van der Waals surface area (Å²) in [5, 5.41) is 0.706. The van der Waals surface area contributed by atoms with Crippen LogP contribution in [0.25, 0.3) is 16.7 Å². The predicted molar refractivity (Wildman–Crippen MR) is 115 cm³/mol. The number of aromatic nitrogens is 2. The van der Waals surface area contributed by atoms with E-state index in [1.165, 1.54) is 11.1 Å². The number of carbonyl (C=O) groups is 1. The lowest BCUT2D eigenvalue weighted by atomic mass is 10.0. The zero-order valence-electron chi connectivity index (χ0n) is 15.9. The summed E-state index contributed by atoms with van der Waals surface area (Å²) in [5.41, 5.74) is 7.00. The summed E-state index contributed by atoms with van der Waals surface area (Å²) in [7, 11) is 0. The van der Waals surface area contributed by atoms with Gasteiger partial charge in [0.25, 0.3) is 0 Å². The van der Waals surface area contributed by atoms with Gasteiger partial charge in [0.05, 0.1) is 11.0 Å². The maximum Gasteiger partial charge on any atom is 0.163 e. The average molecular weight is 389 g/mol. The number of Topliss-reactive ketones (excluding diaryl/α,β-unsaturated/α-hetero) is 1. The van der Waals surface area contributed by atoms with E-state index in [4.69, 9.17) is 11.6 Å². The molecule has 0 atom stereocenters. The molecular weight excluding hydrogens is 368 g/mol. The highest BCUT2D eigenvalue weighted by molar-refractivity contribution is 6.31. The molecule has 0 bridgehead atoms. The van der Waals surface area contributed by atoms with E-state index < -0.39 is 0 Å². The van der Waals surface area contributed by atoms with Crippen LogP contribution in [-0.4, -0.2) is 15.3 Å². The first kappa shape index (κ1) is 18.5. The summed E-state index contributed by atoms with van der Waals surface area (Å²) in [6.07, 6.45) is 2.87. The predicted octanol–water partition coefficient (Wildman–Crippen LogP) is 6.11. The number of rotatable bonds is 5. The van der Waals surface area contributed by atoms with Gasteiger partial charge in [0, 0.05) is 22.7 Å². The van der Waals surface area contributed by atoms with Crippen LogP contribution in [0.1, 0.15) is 33.5 Å². The molecule has 0 amide bonds. The topological polar surface area (TPSA) is 34.9 Å². The summed E-state index contributed by atoms with van der Waals surface area (Å²) >= 11 is 6.19. The molecule has 4 heteroatoms. The van der Waals surface area contributed by atoms with Crippen LogP contribution >= 0.6 is 11.6 Å². The van der Waals surface area contributed by atoms with Crippen LogP contribution in [0, 0.1) is 13.8 Å².